The predicted molar refractivity (Wildman–Crippen MR) is 65.7 cm³/mol. The van der Waals surface area contributed by atoms with Gasteiger partial charge in [0, 0.05) is 25.2 Å². The van der Waals surface area contributed by atoms with E-state index in [-0.39, 0.29) is 12.5 Å². The molecule has 1 aromatic rings. The van der Waals surface area contributed by atoms with Gasteiger partial charge in [0.05, 0.1) is 11.9 Å². The summed E-state index contributed by atoms with van der Waals surface area (Å²) in [6.45, 7) is 0.699. The van der Waals surface area contributed by atoms with Gasteiger partial charge in [-0.05, 0) is 12.8 Å². The largest absolute Gasteiger partial charge is 0.368 e. The quantitative estimate of drug-likeness (QED) is 0.605. The maximum atomic E-state index is 11.6. The van der Waals surface area contributed by atoms with Crippen molar-refractivity contribution in [1.82, 2.24) is 15.1 Å². The van der Waals surface area contributed by atoms with Crippen molar-refractivity contribution in [3.05, 3.63) is 12.4 Å². The maximum absolute atomic E-state index is 11.6. The average Bonchev–Trinajstić information content (AvgIpc) is 3.00. The number of anilines is 1. The van der Waals surface area contributed by atoms with Crippen molar-refractivity contribution in [2.45, 2.75) is 31.8 Å². The molecule has 2 rings (SSSR count). The van der Waals surface area contributed by atoms with Crippen LogP contribution in [0.5, 0.6) is 0 Å². The number of hydrogen-bond donors (Lipinski definition) is 3. The van der Waals surface area contributed by atoms with Gasteiger partial charge in [-0.3, -0.25) is 14.3 Å². The van der Waals surface area contributed by atoms with Gasteiger partial charge in [-0.25, -0.2) is 0 Å². The third-order valence-electron chi connectivity index (χ3n) is 2.60. The highest BCUT2D eigenvalue weighted by atomic mass is 16.2. The Bertz CT molecular complexity index is 438. The van der Waals surface area contributed by atoms with Crippen LogP contribution >= 0.6 is 0 Å². The van der Waals surface area contributed by atoms with Gasteiger partial charge in [-0.15, -0.1) is 0 Å². The van der Waals surface area contributed by atoms with E-state index >= 15 is 0 Å². The van der Waals surface area contributed by atoms with Crippen LogP contribution in [0.1, 0.15) is 19.3 Å². The molecule has 1 aromatic heterocycles. The molecule has 0 radical (unpaired) electrons. The fourth-order valence-electron chi connectivity index (χ4n) is 1.58. The third kappa shape index (κ3) is 4.17. The van der Waals surface area contributed by atoms with Gasteiger partial charge in [-0.2, -0.15) is 5.10 Å². The second kappa shape index (κ2) is 5.63. The van der Waals surface area contributed by atoms with Crippen LogP contribution < -0.4 is 16.4 Å². The Balaban J connectivity index is 1.71. The number of nitrogens with one attached hydrogen (secondary N) is 2. The molecular weight excluding hydrogens is 234 g/mol. The molecule has 0 unspecified atom stereocenters. The van der Waals surface area contributed by atoms with E-state index in [2.05, 4.69) is 15.7 Å². The molecular formula is C11H17N5O2. The second-order valence-corrected chi connectivity index (χ2v) is 4.42. The highest BCUT2D eigenvalue weighted by molar-refractivity contribution is 5.90. The zero-order valence-electron chi connectivity index (χ0n) is 10.1. The van der Waals surface area contributed by atoms with Crippen molar-refractivity contribution in [3.8, 4) is 0 Å². The number of rotatable bonds is 7. The first-order chi connectivity index (χ1) is 8.63. The van der Waals surface area contributed by atoms with Crippen LogP contribution in [0.2, 0.25) is 0 Å². The lowest BCUT2D eigenvalue weighted by atomic mass is 10.4. The fraction of sp³-hybridized carbons (Fsp3) is 0.545. The molecule has 4 N–H and O–H groups in total. The molecule has 0 saturated heterocycles. The standard InChI is InChI=1S/C11H17N5O2/c12-10(17)7-16-6-9(5-14-16)15-11(18)3-4-13-8-1-2-8/h5-6,8,13H,1-4,7H2,(H2,12,17)(H,15,18). The van der Waals surface area contributed by atoms with Crippen LogP contribution in [-0.4, -0.2) is 34.2 Å². The van der Waals surface area contributed by atoms with Crippen molar-refractivity contribution < 1.29 is 9.59 Å². The molecule has 2 amide bonds. The molecule has 1 aliphatic carbocycles. The number of carbonyl (C=O) groups is 2. The van der Waals surface area contributed by atoms with E-state index in [1.165, 1.54) is 23.7 Å². The van der Waals surface area contributed by atoms with Gasteiger partial charge in [0.1, 0.15) is 6.54 Å². The van der Waals surface area contributed by atoms with Gasteiger partial charge in [0.2, 0.25) is 11.8 Å². The molecule has 18 heavy (non-hydrogen) atoms. The molecule has 0 bridgehead atoms. The minimum absolute atomic E-state index is 0.0130. The molecule has 0 atom stereocenters. The van der Waals surface area contributed by atoms with Gasteiger partial charge < -0.3 is 16.4 Å². The lowest BCUT2D eigenvalue weighted by Gasteiger charge is -2.03. The van der Waals surface area contributed by atoms with E-state index < -0.39 is 5.91 Å². The monoisotopic (exact) mass is 251 g/mol. The first kappa shape index (κ1) is 12.6. The van der Waals surface area contributed by atoms with Gasteiger partial charge in [-0.1, -0.05) is 0 Å². The minimum Gasteiger partial charge on any atom is -0.368 e. The number of amides is 2. The van der Waals surface area contributed by atoms with Crippen molar-refractivity contribution in [2.75, 3.05) is 11.9 Å². The SMILES string of the molecule is NC(=O)Cn1cc(NC(=O)CCNC2CC2)cn1. The predicted octanol–water partition coefficient (Wildman–Crippen LogP) is -0.551. The van der Waals surface area contributed by atoms with Crippen LogP contribution in [0.15, 0.2) is 12.4 Å². The second-order valence-electron chi connectivity index (χ2n) is 4.42. The first-order valence-corrected chi connectivity index (χ1v) is 5.97. The average molecular weight is 251 g/mol. The van der Waals surface area contributed by atoms with Crippen LogP contribution in [0.4, 0.5) is 5.69 Å². The van der Waals surface area contributed by atoms with E-state index in [1.54, 1.807) is 6.20 Å². The molecule has 0 spiro atoms. The van der Waals surface area contributed by atoms with E-state index in [1.807, 2.05) is 0 Å². The van der Waals surface area contributed by atoms with Crippen molar-refractivity contribution >= 4 is 17.5 Å². The Hall–Kier alpha value is -1.89. The Morgan fingerprint density at radius 1 is 1.50 bits per heavy atom. The van der Waals surface area contributed by atoms with E-state index in [4.69, 9.17) is 5.73 Å². The highest BCUT2D eigenvalue weighted by Gasteiger charge is 2.20. The Kier molecular flexibility index (Phi) is 3.93. The van der Waals surface area contributed by atoms with Crippen molar-refractivity contribution in [3.63, 3.8) is 0 Å². The summed E-state index contributed by atoms with van der Waals surface area (Å²) in [5, 5.41) is 9.89. The molecule has 0 aromatic carbocycles. The lowest BCUT2D eigenvalue weighted by Crippen LogP contribution is -2.23. The van der Waals surface area contributed by atoms with E-state index in [9.17, 15) is 9.59 Å². The summed E-state index contributed by atoms with van der Waals surface area (Å²) in [6.07, 6.45) is 5.92. The van der Waals surface area contributed by atoms with Crippen LogP contribution in [0.25, 0.3) is 0 Å². The molecule has 1 heterocycles. The lowest BCUT2D eigenvalue weighted by molar-refractivity contribution is -0.118. The molecule has 7 heteroatoms. The van der Waals surface area contributed by atoms with E-state index in [0.717, 1.165) is 0 Å². The summed E-state index contributed by atoms with van der Waals surface area (Å²) in [6, 6.07) is 0.608. The van der Waals surface area contributed by atoms with Crippen LogP contribution in [0, 0.1) is 0 Å². The molecule has 0 aliphatic heterocycles. The summed E-state index contributed by atoms with van der Waals surface area (Å²) < 4.78 is 1.39. The first-order valence-electron chi connectivity index (χ1n) is 5.97. The Morgan fingerprint density at radius 3 is 2.94 bits per heavy atom. The fourth-order valence-corrected chi connectivity index (χ4v) is 1.58. The molecule has 1 saturated carbocycles. The minimum atomic E-state index is -0.468. The number of nitrogens with two attached hydrogens (primary N) is 1. The number of carbonyl (C=O) groups excluding carboxylic acids is 2. The number of aromatic nitrogens is 2. The van der Waals surface area contributed by atoms with Gasteiger partial charge in [0.25, 0.3) is 0 Å². The number of nitrogens with zero attached hydrogens (tertiary/aromatic N) is 2. The van der Waals surface area contributed by atoms with Gasteiger partial charge >= 0.3 is 0 Å². The summed E-state index contributed by atoms with van der Waals surface area (Å²) in [5.74, 6) is -0.536. The number of hydrogen-bond acceptors (Lipinski definition) is 4. The molecule has 1 aliphatic rings. The molecule has 7 nitrogen and oxygen atoms in total. The maximum Gasteiger partial charge on any atom is 0.239 e. The Labute approximate surface area is 105 Å². The highest BCUT2D eigenvalue weighted by Crippen LogP contribution is 2.18. The number of primary amides is 1. The van der Waals surface area contributed by atoms with E-state index in [0.29, 0.717) is 24.7 Å². The summed E-state index contributed by atoms with van der Waals surface area (Å²) >= 11 is 0. The Morgan fingerprint density at radius 2 is 2.28 bits per heavy atom. The summed E-state index contributed by atoms with van der Waals surface area (Å²) in [4.78, 5) is 22.2. The van der Waals surface area contributed by atoms with Crippen molar-refractivity contribution in [1.29, 1.82) is 0 Å². The molecule has 1 fully saturated rings. The van der Waals surface area contributed by atoms with Crippen LogP contribution in [-0.2, 0) is 16.1 Å². The smallest absolute Gasteiger partial charge is 0.239 e. The van der Waals surface area contributed by atoms with Crippen LogP contribution in [0.3, 0.4) is 0 Å². The zero-order chi connectivity index (χ0) is 13.0. The topological polar surface area (TPSA) is 102 Å². The van der Waals surface area contributed by atoms with Crippen molar-refractivity contribution in [2.24, 2.45) is 5.73 Å². The normalized spacial score (nSPS) is 14.4. The summed E-state index contributed by atoms with van der Waals surface area (Å²) in [7, 11) is 0. The van der Waals surface area contributed by atoms with Gasteiger partial charge in [0.15, 0.2) is 0 Å². The third-order valence-corrected chi connectivity index (χ3v) is 2.60. The zero-order valence-corrected chi connectivity index (χ0v) is 10.1. The summed E-state index contributed by atoms with van der Waals surface area (Å²) in [5.41, 5.74) is 5.62. The molecule has 98 valence electrons.